The van der Waals surface area contributed by atoms with E-state index in [-0.39, 0.29) is 6.10 Å². The van der Waals surface area contributed by atoms with Gasteiger partial charge in [-0.1, -0.05) is 5.11 Å². The molecular formula is C12H19N3O5. The van der Waals surface area contributed by atoms with Crippen LogP contribution in [0.4, 0.5) is 0 Å². The Morgan fingerprint density at radius 1 is 1.05 bits per heavy atom. The van der Waals surface area contributed by atoms with E-state index in [1.807, 2.05) is 13.8 Å². The predicted molar refractivity (Wildman–Crippen MR) is 66.5 cm³/mol. The van der Waals surface area contributed by atoms with E-state index in [4.69, 9.17) is 29.2 Å². The summed E-state index contributed by atoms with van der Waals surface area (Å²) < 4.78 is 28.6. The molecule has 0 saturated carbocycles. The third-order valence-corrected chi connectivity index (χ3v) is 3.63. The molecule has 20 heavy (non-hydrogen) atoms. The fourth-order valence-corrected chi connectivity index (χ4v) is 2.89. The van der Waals surface area contributed by atoms with Crippen molar-refractivity contribution in [1.29, 1.82) is 0 Å². The molecule has 8 heteroatoms. The van der Waals surface area contributed by atoms with Crippen molar-refractivity contribution in [1.82, 2.24) is 0 Å². The Bertz CT molecular complexity index is 448. The summed E-state index contributed by atoms with van der Waals surface area (Å²) in [6.45, 7) is 7.66. The molecule has 0 N–H and O–H groups in total. The zero-order chi connectivity index (χ0) is 14.5. The van der Waals surface area contributed by atoms with Gasteiger partial charge in [-0.3, -0.25) is 0 Å². The summed E-state index contributed by atoms with van der Waals surface area (Å²) in [5.41, 5.74) is 8.77. The van der Waals surface area contributed by atoms with Crippen LogP contribution in [-0.4, -0.2) is 48.8 Å². The van der Waals surface area contributed by atoms with Crippen LogP contribution in [-0.2, 0) is 23.7 Å². The molecule has 3 aliphatic rings. The van der Waals surface area contributed by atoms with Crippen LogP contribution in [0.1, 0.15) is 27.7 Å². The molecule has 0 amide bonds. The second-order valence-corrected chi connectivity index (χ2v) is 6.13. The number of ether oxygens (including phenoxy) is 5. The lowest BCUT2D eigenvalue weighted by Crippen LogP contribution is -2.41. The van der Waals surface area contributed by atoms with Crippen molar-refractivity contribution in [2.24, 2.45) is 5.11 Å². The van der Waals surface area contributed by atoms with Gasteiger partial charge in [-0.2, -0.15) is 0 Å². The second-order valence-electron chi connectivity index (χ2n) is 6.13. The van der Waals surface area contributed by atoms with Crippen LogP contribution in [0.15, 0.2) is 5.11 Å². The molecular weight excluding hydrogens is 266 g/mol. The lowest BCUT2D eigenvalue weighted by molar-refractivity contribution is -0.222. The minimum Gasteiger partial charge on any atom is -0.348 e. The minimum absolute atomic E-state index is 0.304. The van der Waals surface area contributed by atoms with Crippen LogP contribution < -0.4 is 0 Å². The van der Waals surface area contributed by atoms with E-state index in [2.05, 4.69) is 10.0 Å². The Morgan fingerprint density at radius 2 is 1.80 bits per heavy atom. The highest BCUT2D eigenvalue weighted by Gasteiger charge is 2.57. The molecule has 1 unspecified atom stereocenters. The highest BCUT2D eigenvalue weighted by Crippen LogP contribution is 2.41. The molecule has 5 atom stereocenters. The van der Waals surface area contributed by atoms with Crippen molar-refractivity contribution in [3.05, 3.63) is 10.4 Å². The first-order valence-electron chi connectivity index (χ1n) is 6.68. The number of azide groups is 1. The average molecular weight is 285 g/mol. The molecule has 3 saturated heterocycles. The molecule has 0 radical (unpaired) electrons. The van der Waals surface area contributed by atoms with Gasteiger partial charge in [0, 0.05) is 4.91 Å². The largest absolute Gasteiger partial charge is 0.348 e. The van der Waals surface area contributed by atoms with Gasteiger partial charge in [0.15, 0.2) is 17.9 Å². The first kappa shape index (κ1) is 14.1. The van der Waals surface area contributed by atoms with Gasteiger partial charge in [0.05, 0.1) is 12.6 Å². The SMILES string of the molecule is CC1(C)OC[C@@H]([C@@H]2O[C@H]3OC(C)(C)O[C@H]3C2N=[N+]=[N-])O1. The molecule has 3 fully saturated rings. The Labute approximate surface area is 116 Å². The highest BCUT2D eigenvalue weighted by atomic mass is 16.8. The molecule has 0 aromatic carbocycles. The quantitative estimate of drug-likeness (QED) is 0.437. The van der Waals surface area contributed by atoms with Crippen LogP contribution in [0, 0.1) is 0 Å². The van der Waals surface area contributed by atoms with E-state index in [1.165, 1.54) is 0 Å². The van der Waals surface area contributed by atoms with E-state index in [1.54, 1.807) is 13.8 Å². The number of hydrogen-bond donors (Lipinski definition) is 0. The van der Waals surface area contributed by atoms with Crippen LogP contribution in [0.5, 0.6) is 0 Å². The van der Waals surface area contributed by atoms with Crippen molar-refractivity contribution in [2.75, 3.05) is 6.61 Å². The van der Waals surface area contributed by atoms with Crippen LogP contribution in [0.2, 0.25) is 0 Å². The summed E-state index contributed by atoms with van der Waals surface area (Å²) in [5, 5.41) is 3.82. The molecule has 0 spiro atoms. The van der Waals surface area contributed by atoms with Gasteiger partial charge in [-0.05, 0) is 33.2 Å². The van der Waals surface area contributed by atoms with E-state index >= 15 is 0 Å². The molecule has 0 bridgehead atoms. The first-order valence-corrected chi connectivity index (χ1v) is 6.68. The summed E-state index contributed by atoms with van der Waals surface area (Å²) in [6, 6.07) is -0.491. The fourth-order valence-electron chi connectivity index (χ4n) is 2.89. The van der Waals surface area contributed by atoms with Gasteiger partial charge < -0.3 is 23.7 Å². The van der Waals surface area contributed by atoms with E-state index in [9.17, 15) is 0 Å². The molecule has 112 valence electrons. The van der Waals surface area contributed by atoms with Gasteiger partial charge in [-0.15, -0.1) is 0 Å². The van der Waals surface area contributed by atoms with Crippen LogP contribution >= 0.6 is 0 Å². The maximum absolute atomic E-state index is 8.77. The number of hydrogen-bond acceptors (Lipinski definition) is 6. The van der Waals surface area contributed by atoms with Gasteiger partial charge >= 0.3 is 0 Å². The Kier molecular flexibility index (Phi) is 3.20. The fraction of sp³-hybridized carbons (Fsp3) is 1.00. The molecule has 0 aliphatic carbocycles. The minimum atomic E-state index is -0.740. The zero-order valence-electron chi connectivity index (χ0n) is 12.0. The molecule has 3 aliphatic heterocycles. The molecule has 0 aromatic heterocycles. The third kappa shape index (κ3) is 2.39. The maximum atomic E-state index is 8.77. The number of nitrogens with zero attached hydrogens (tertiary/aromatic N) is 3. The topological polar surface area (TPSA) is 94.9 Å². The summed E-state index contributed by atoms with van der Waals surface area (Å²) in [5.74, 6) is -1.40. The van der Waals surface area contributed by atoms with Crippen LogP contribution in [0.25, 0.3) is 10.4 Å². The normalized spacial score (nSPS) is 45.1. The lowest BCUT2D eigenvalue weighted by Gasteiger charge is -2.26. The lowest BCUT2D eigenvalue weighted by atomic mass is 10.0. The van der Waals surface area contributed by atoms with Gasteiger partial charge in [0.2, 0.25) is 0 Å². The van der Waals surface area contributed by atoms with Crippen LogP contribution in [0.3, 0.4) is 0 Å². The zero-order valence-corrected chi connectivity index (χ0v) is 12.0. The van der Waals surface area contributed by atoms with Crippen molar-refractivity contribution >= 4 is 0 Å². The standard InChI is InChI=1S/C12H19N3O5/c1-11(2)16-5-6(18-11)8-7(14-15-13)9-10(17-8)20-12(3,4)19-9/h6-10H,5H2,1-4H3/t6-,7?,8-,9-,10-/m0/s1. The van der Waals surface area contributed by atoms with Crippen molar-refractivity contribution in [3.8, 4) is 0 Å². The van der Waals surface area contributed by atoms with Crippen molar-refractivity contribution < 1.29 is 23.7 Å². The first-order chi connectivity index (χ1) is 9.31. The molecule has 3 rings (SSSR count). The summed E-state index contributed by atoms with van der Waals surface area (Å²) in [7, 11) is 0. The average Bonchev–Trinajstić information content (AvgIpc) is 2.91. The second kappa shape index (κ2) is 4.56. The summed E-state index contributed by atoms with van der Waals surface area (Å²) in [6.07, 6.45) is -1.70. The summed E-state index contributed by atoms with van der Waals surface area (Å²) in [4.78, 5) is 2.90. The van der Waals surface area contributed by atoms with E-state index in [0.717, 1.165) is 0 Å². The highest BCUT2D eigenvalue weighted by molar-refractivity contribution is 5.01. The number of rotatable bonds is 2. The Balaban J connectivity index is 1.78. The van der Waals surface area contributed by atoms with Gasteiger partial charge in [0.1, 0.15) is 18.3 Å². The Hall–Kier alpha value is -0.890. The van der Waals surface area contributed by atoms with Gasteiger partial charge in [-0.25, -0.2) is 0 Å². The van der Waals surface area contributed by atoms with Crippen molar-refractivity contribution in [3.63, 3.8) is 0 Å². The monoisotopic (exact) mass is 285 g/mol. The smallest absolute Gasteiger partial charge is 0.188 e. The molecule has 3 heterocycles. The van der Waals surface area contributed by atoms with Crippen molar-refractivity contribution in [2.45, 2.75) is 69.9 Å². The van der Waals surface area contributed by atoms with E-state index in [0.29, 0.717) is 6.61 Å². The maximum Gasteiger partial charge on any atom is 0.188 e. The molecule has 0 aromatic rings. The predicted octanol–water partition coefficient (Wildman–Crippen LogP) is 1.69. The number of fused-ring (bicyclic) bond motifs is 1. The molecule has 8 nitrogen and oxygen atoms in total. The third-order valence-electron chi connectivity index (χ3n) is 3.63. The van der Waals surface area contributed by atoms with E-state index < -0.39 is 36.1 Å². The Morgan fingerprint density at radius 3 is 2.40 bits per heavy atom. The summed E-state index contributed by atoms with van der Waals surface area (Å²) >= 11 is 0. The van der Waals surface area contributed by atoms with Gasteiger partial charge in [0.25, 0.3) is 0 Å².